The second kappa shape index (κ2) is 16.9. The highest BCUT2D eigenvalue weighted by Crippen LogP contribution is 2.55. The summed E-state index contributed by atoms with van der Waals surface area (Å²) >= 11 is 23.1. The van der Waals surface area contributed by atoms with Gasteiger partial charge in [-0.15, -0.1) is 46.4 Å². The Morgan fingerprint density at radius 2 is 1.27 bits per heavy atom. The van der Waals surface area contributed by atoms with E-state index in [0.717, 1.165) is 16.2 Å². The van der Waals surface area contributed by atoms with Crippen molar-refractivity contribution in [1.29, 1.82) is 0 Å². The molecule has 2 aliphatic heterocycles. The number of aliphatic carboxylic acids is 1. The van der Waals surface area contributed by atoms with Crippen molar-refractivity contribution in [2.75, 3.05) is 33.9 Å². The standard InChI is InChI=1S/C16H24Cl2FNO4.C11H18FNO5.C4H7Cl2N/c1-15(2,3)24-14(22)20-8-10(19)13(23-4)12(20)11(21)6-5-9-7-16(9,17)18;1-11(2,3)18-10(16)13-5-6(17-4)7(12)8(13)9(14)15;5-4(6)1-3(4)2-7/h9-10,12-13H,5-8H2,1-4H3;6-8H,5H2,1-4H3,(H,14,15);3H,1-2,7H2/t9-,10-,12+,13+;6-,7+,8+;3-/m011/s1. The molecule has 18 heteroatoms. The minimum atomic E-state index is -1.76. The third-order valence-electron chi connectivity index (χ3n) is 8.09. The number of carboxylic acid groups (broad SMARTS) is 1. The van der Waals surface area contributed by atoms with Gasteiger partial charge in [0.15, 0.2) is 18.0 Å². The quantitative estimate of drug-likeness (QED) is 0.293. The molecule has 4 fully saturated rings. The van der Waals surface area contributed by atoms with Gasteiger partial charge in [-0.2, -0.15) is 0 Å². The number of Topliss-reactive ketones (excluding diaryl/α,β-unsaturated/α-hetero) is 1. The normalized spacial score (nSPS) is 31.1. The zero-order valence-electron chi connectivity index (χ0n) is 29.0. The minimum Gasteiger partial charge on any atom is -0.480 e. The Morgan fingerprint density at radius 3 is 1.59 bits per heavy atom. The highest BCUT2D eigenvalue weighted by Gasteiger charge is 2.54. The van der Waals surface area contributed by atoms with Crippen molar-refractivity contribution in [3.8, 4) is 0 Å². The molecule has 2 saturated heterocycles. The number of methoxy groups -OCH3 is 2. The number of hydrogen-bond acceptors (Lipinski definition) is 9. The topological polar surface area (TPSA) is 158 Å². The van der Waals surface area contributed by atoms with Crippen LogP contribution in [0.3, 0.4) is 0 Å². The molecule has 8 atom stereocenters. The van der Waals surface area contributed by atoms with Gasteiger partial charge in [-0.1, -0.05) is 0 Å². The first-order valence-corrected chi connectivity index (χ1v) is 17.4. The Labute approximate surface area is 306 Å². The summed E-state index contributed by atoms with van der Waals surface area (Å²) in [7, 11) is 2.61. The fraction of sp³-hybridized carbons (Fsp3) is 0.871. The number of ketones is 1. The molecule has 12 nitrogen and oxygen atoms in total. The molecule has 0 bridgehead atoms. The van der Waals surface area contributed by atoms with Gasteiger partial charge in [0.05, 0.1) is 13.1 Å². The maximum atomic E-state index is 14.2. The predicted molar refractivity (Wildman–Crippen MR) is 181 cm³/mol. The molecule has 0 radical (unpaired) electrons. The number of halogens is 6. The number of carboxylic acids is 1. The van der Waals surface area contributed by atoms with Gasteiger partial charge in [0.25, 0.3) is 0 Å². The lowest BCUT2D eigenvalue weighted by Crippen LogP contribution is -2.47. The number of nitrogens with two attached hydrogens (primary N) is 1. The lowest BCUT2D eigenvalue weighted by molar-refractivity contribution is -0.144. The van der Waals surface area contributed by atoms with Gasteiger partial charge in [-0.3, -0.25) is 14.6 Å². The van der Waals surface area contributed by atoms with Crippen molar-refractivity contribution < 1.29 is 52.0 Å². The first-order chi connectivity index (χ1) is 22.3. The number of hydrogen-bond donors (Lipinski definition) is 2. The SMILES string of the molecule is CO[C@@H]1CN(C(=O)OC(C)(C)C)[C@H](C(=O)O)[C@H]1F.CO[C@H]1[C@@H](C(=O)CC[C@H]2CC2(Cl)Cl)N(C(=O)OC(C)(C)C)C[C@@H]1F.NC[C@H]1CC1(Cl)Cl. The monoisotopic (exact) mass is 785 g/mol. The molecule has 0 aromatic heterocycles. The lowest BCUT2D eigenvalue weighted by atomic mass is 10.0. The molecule has 4 aliphatic rings. The van der Waals surface area contributed by atoms with Gasteiger partial charge in [-0.25, -0.2) is 23.2 Å². The molecular formula is C31H49Cl4F2N3O9. The summed E-state index contributed by atoms with van der Waals surface area (Å²) in [4.78, 5) is 49.7. The summed E-state index contributed by atoms with van der Waals surface area (Å²) in [6.07, 6.45) is -4.50. The van der Waals surface area contributed by atoms with Crippen LogP contribution in [0.1, 0.15) is 67.2 Å². The van der Waals surface area contributed by atoms with Crippen LogP contribution in [0, 0.1) is 11.8 Å². The summed E-state index contributed by atoms with van der Waals surface area (Å²) in [5.74, 6) is -1.25. The number of likely N-dealkylation sites (tertiary alicyclic amines) is 2. The second-order valence-electron chi connectivity index (χ2n) is 14.5. The fourth-order valence-electron chi connectivity index (χ4n) is 5.26. The van der Waals surface area contributed by atoms with Crippen LogP contribution >= 0.6 is 46.4 Å². The van der Waals surface area contributed by atoms with Crippen LogP contribution in [0.5, 0.6) is 0 Å². The summed E-state index contributed by atoms with van der Waals surface area (Å²) < 4.78 is 47.1. The summed E-state index contributed by atoms with van der Waals surface area (Å²) in [5, 5.41) is 8.97. The maximum Gasteiger partial charge on any atom is 0.411 e. The van der Waals surface area contributed by atoms with Crippen molar-refractivity contribution in [2.24, 2.45) is 17.6 Å². The molecule has 2 aliphatic carbocycles. The zero-order chi connectivity index (χ0) is 37.9. The van der Waals surface area contributed by atoms with Crippen LogP contribution in [0.25, 0.3) is 0 Å². The van der Waals surface area contributed by atoms with E-state index in [-0.39, 0.29) is 31.2 Å². The van der Waals surface area contributed by atoms with Crippen molar-refractivity contribution >= 4 is 70.3 Å². The van der Waals surface area contributed by atoms with E-state index in [0.29, 0.717) is 25.3 Å². The van der Waals surface area contributed by atoms with E-state index in [1.54, 1.807) is 41.5 Å². The molecule has 0 spiro atoms. The fourth-order valence-corrected chi connectivity index (χ4v) is 6.40. The van der Waals surface area contributed by atoms with E-state index >= 15 is 0 Å². The van der Waals surface area contributed by atoms with E-state index in [1.165, 1.54) is 14.2 Å². The van der Waals surface area contributed by atoms with Crippen molar-refractivity contribution in [2.45, 2.75) is 124 Å². The summed E-state index contributed by atoms with van der Waals surface area (Å²) in [6, 6.07) is -2.55. The number of rotatable bonds is 8. The Kier molecular flexibility index (Phi) is 15.1. The second-order valence-corrected chi connectivity index (χ2v) is 17.6. The van der Waals surface area contributed by atoms with E-state index < -0.39 is 74.7 Å². The van der Waals surface area contributed by atoms with Gasteiger partial charge >= 0.3 is 18.2 Å². The summed E-state index contributed by atoms with van der Waals surface area (Å²) in [5.41, 5.74) is 3.74. The number of nitrogens with zero attached hydrogens (tertiary/aromatic N) is 2. The van der Waals surface area contributed by atoms with E-state index in [4.69, 9.17) is 76.2 Å². The molecule has 2 saturated carbocycles. The average molecular weight is 788 g/mol. The third kappa shape index (κ3) is 12.6. The largest absolute Gasteiger partial charge is 0.480 e. The average Bonchev–Trinajstić information content (AvgIpc) is 3.64. The number of ether oxygens (including phenoxy) is 4. The van der Waals surface area contributed by atoms with E-state index in [1.807, 2.05) is 0 Å². The smallest absolute Gasteiger partial charge is 0.411 e. The van der Waals surface area contributed by atoms with Crippen LogP contribution in [0.15, 0.2) is 0 Å². The van der Waals surface area contributed by atoms with Gasteiger partial charge in [0, 0.05) is 26.6 Å². The lowest BCUT2D eigenvalue weighted by Gasteiger charge is -2.29. The molecular weight excluding hydrogens is 738 g/mol. The molecule has 0 aromatic rings. The van der Waals surface area contributed by atoms with Crippen molar-refractivity contribution in [1.82, 2.24) is 9.80 Å². The molecule has 3 N–H and O–H groups in total. The molecule has 4 rings (SSSR count). The van der Waals surface area contributed by atoms with Crippen LogP contribution < -0.4 is 5.73 Å². The van der Waals surface area contributed by atoms with Crippen LogP contribution in [-0.4, -0.2) is 129 Å². The Balaban J connectivity index is 0.000000291. The van der Waals surface area contributed by atoms with E-state index in [2.05, 4.69) is 0 Å². The highest BCUT2D eigenvalue weighted by atomic mass is 35.5. The Morgan fingerprint density at radius 1 is 0.816 bits per heavy atom. The van der Waals surface area contributed by atoms with Crippen LogP contribution in [0.2, 0.25) is 0 Å². The van der Waals surface area contributed by atoms with Gasteiger partial charge < -0.3 is 29.8 Å². The molecule has 0 unspecified atom stereocenters. The van der Waals surface area contributed by atoms with Crippen molar-refractivity contribution in [3.05, 3.63) is 0 Å². The Bertz CT molecular complexity index is 1190. The molecule has 0 aromatic carbocycles. The number of carbonyl (C=O) groups excluding carboxylic acids is 3. The molecule has 2 amide bonds. The van der Waals surface area contributed by atoms with Crippen molar-refractivity contribution in [3.63, 3.8) is 0 Å². The van der Waals surface area contributed by atoms with Crippen LogP contribution in [-0.2, 0) is 28.5 Å². The van der Waals surface area contributed by atoms with Crippen LogP contribution in [0.4, 0.5) is 18.4 Å². The minimum absolute atomic E-state index is 0.0586. The first-order valence-electron chi connectivity index (χ1n) is 15.8. The molecule has 49 heavy (non-hydrogen) atoms. The summed E-state index contributed by atoms with van der Waals surface area (Å²) in [6.45, 7) is 10.4. The Hall–Kier alpha value is -1.42. The highest BCUT2D eigenvalue weighted by molar-refractivity contribution is 6.51. The predicted octanol–water partition coefficient (Wildman–Crippen LogP) is 5.68. The maximum absolute atomic E-state index is 14.2. The number of amides is 2. The first kappa shape index (κ1) is 43.7. The third-order valence-corrected chi connectivity index (χ3v) is 9.94. The zero-order valence-corrected chi connectivity index (χ0v) is 32.0. The van der Waals surface area contributed by atoms with Gasteiger partial charge in [0.2, 0.25) is 0 Å². The molecule has 2 heterocycles. The van der Waals surface area contributed by atoms with E-state index in [9.17, 15) is 28.0 Å². The number of alkyl halides is 6. The number of carbonyl (C=O) groups is 4. The van der Waals surface area contributed by atoms with Gasteiger partial charge in [-0.05, 0) is 73.3 Å². The molecule has 284 valence electrons. The van der Waals surface area contributed by atoms with Gasteiger partial charge in [0.1, 0.15) is 44.3 Å².